The van der Waals surface area contributed by atoms with Gasteiger partial charge in [-0.05, 0) is 38.0 Å². The van der Waals surface area contributed by atoms with Gasteiger partial charge < -0.3 is 14.5 Å². The van der Waals surface area contributed by atoms with Gasteiger partial charge in [-0.25, -0.2) is 4.79 Å². The Hall–Kier alpha value is -2.22. The summed E-state index contributed by atoms with van der Waals surface area (Å²) >= 11 is 5.97. The van der Waals surface area contributed by atoms with E-state index in [1.165, 1.54) is 0 Å². The van der Waals surface area contributed by atoms with Gasteiger partial charge in [0.15, 0.2) is 0 Å². The highest BCUT2D eigenvalue weighted by atomic mass is 35.5. The molecule has 0 bridgehead atoms. The predicted octanol–water partition coefficient (Wildman–Crippen LogP) is 4.51. The van der Waals surface area contributed by atoms with Gasteiger partial charge in [0.1, 0.15) is 5.69 Å². The maximum Gasteiger partial charge on any atom is 0.416 e. The van der Waals surface area contributed by atoms with Crippen molar-refractivity contribution in [2.24, 2.45) is 0 Å². The summed E-state index contributed by atoms with van der Waals surface area (Å²) in [6.45, 7) is 3.52. The van der Waals surface area contributed by atoms with Crippen LogP contribution in [0.2, 0.25) is 5.02 Å². The standard InChI is InChI=1S/C17H17ClF3NO4/c1-3-25-13(23)6-5-10-11-7-9(17(19,20)21)8-12(18)14(11)22-15(10)16(24)26-4-2/h7-8,22H,3-6H2,1-2H3. The van der Waals surface area contributed by atoms with E-state index >= 15 is 0 Å². The highest BCUT2D eigenvalue weighted by Crippen LogP contribution is 2.37. The lowest BCUT2D eigenvalue weighted by Gasteiger charge is -2.09. The van der Waals surface area contributed by atoms with Gasteiger partial charge in [0.2, 0.25) is 0 Å². The zero-order valence-electron chi connectivity index (χ0n) is 14.1. The van der Waals surface area contributed by atoms with Crippen LogP contribution in [-0.2, 0) is 26.9 Å². The van der Waals surface area contributed by atoms with Crippen molar-refractivity contribution in [3.05, 3.63) is 34.0 Å². The Morgan fingerprint density at radius 3 is 2.38 bits per heavy atom. The number of benzene rings is 1. The maximum absolute atomic E-state index is 13.1. The molecule has 1 aromatic carbocycles. The number of aromatic nitrogens is 1. The Kier molecular flexibility index (Phi) is 6.17. The van der Waals surface area contributed by atoms with Crippen molar-refractivity contribution < 1.29 is 32.2 Å². The molecule has 9 heteroatoms. The van der Waals surface area contributed by atoms with Crippen LogP contribution in [0.3, 0.4) is 0 Å². The average Bonchev–Trinajstić information content (AvgIpc) is 2.92. The topological polar surface area (TPSA) is 68.4 Å². The largest absolute Gasteiger partial charge is 0.466 e. The van der Waals surface area contributed by atoms with Gasteiger partial charge in [0.05, 0.1) is 29.3 Å². The molecule has 0 saturated heterocycles. The van der Waals surface area contributed by atoms with E-state index in [9.17, 15) is 22.8 Å². The van der Waals surface area contributed by atoms with Gasteiger partial charge in [-0.2, -0.15) is 13.2 Å². The minimum atomic E-state index is -4.60. The number of H-pyrrole nitrogens is 1. The van der Waals surface area contributed by atoms with Crippen molar-refractivity contribution in [1.82, 2.24) is 4.98 Å². The maximum atomic E-state index is 13.1. The number of carbonyl (C=O) groups excluding carboxylic acids is 2. The summed E-state index contributed by atoms with van der Waals surface area (Å²) in [4.78, 5) is 26.5. The van der Waals surface area contributed by atoms with Crippen LogP contribution in [-0.4, -0.2) is 30.1 Å². The van der Waals surface area contributed by atoms with E-state index in [4.69, 9.17) is 21.1 Å². The van der Waals surface area contributed by atoms with E-state index in [0.29, 0.717) is 0 Å². The van der Waals surface area contributed by atoms with Crippen LogP contribution in [0.15, 0.2) is 12.1 Å². The Morgan fingerprint density at radius 2 is 1.81 bits per heavy atom. The van der Waals surface area contributed by atoms with Crippen LogP contribution < -0.4 is 0 Å². The van der Waals surface area contributed by atoms with Crippen LogP contribution in [0.4, 0.5) is 13.2 Å². The smallest absolute Gasteiger partial charge is 0.416 e. The molecule has 1 N–H and O–H groups in total. The van der Waals surface area contributed by atoms with Gasteiger partial charge in [-0.3, -0.25) is 4.79 Å². The van der Waals surface area contributed by atoms with Crippen molar-refractivity contribution in [1.29, 1.82) is 0 Å². The van der Waals surface area contributed by atoms with Crippen molar-refractivity contribution in [3.8, 4) is 0 Å². The van der Waals surface area contributed by atoms with Crippen LogP contribution in [0.25, 0.3) is 10.9 Å². The molecule has 0 aliphatic rings. The molecule has 26 heavy (non-hydrogen) atoms. The van der Waals surface area contributed by atoms with Gasteiger partial charge in [-0.1, -0.05) is 11.6 Å². The van der Waals surface area contributed by atoms with E-state index in [-0.39, 0.29) is 53.2 Å². The lowest BCUT2D eigenvalue weighted by atomic mass is 10.0. The highest BCUT2D eigenvalue weighted by Gasteiger charge is 2.32. The minimum absolute atomic E-state index is 0.00458. The zero-order valence-corrected chi connectivity index (χ0v) is 14.9. The average molecular weight is 392 g/mol. The number of fused-ring (bicyclic) bond motifs is 1. The lowest BCUT2D eigenvalue weighted by Crippen LogP contribution is -2.10. The number of alkyl halides is 3. The number of hydrogen-bond donors (Lipinski definition) is 1. The quantitative estimate of drug-likeness (QED) is 0.735. The number of ether oxygens (including phenoxy) is 2. The third-order valence-electron chi connectivity index (χ3n) is 3.66. The number of hydrogen-bond acceptors (Lipinski definition) is 4. The molecule has 2 rings (SSSR count). The zero-order chi connectivity index (χ0) is 19.5. The molecule has 0 spiro atoms. The first kappa shape index (κ1) is 20.1. The monoisotopic (exact) mass is 391 g/mol. The molecule has 0 radical (unpaired) electrons. The van der Waals surface area contributed by atoms with E-state index in [0.717, 1.165) is 12.1 Å². The molecule has 1 aromatic heterocycles. The van der Waals surface area contributed by atoms with Gasteiger partial charge in [-0.15, -0.1) is 0 Å². The number of esters is 2. The molecule has 0 aliphatic carbocycles. The van der Waals surface area contributed by atoms with Gasteiger partial charge in [0.25, 0.3) is 0 Å². The number of nitrogens with one attached hydrogen (secondary N) is 1. The van der Waals surface area contributed by atoms with E-state index in [1.54, 1.807) is 13.8 Å². The van der Waals surface area contributed by atoms with Crippen LogP contribution in [0.1, 0.15) is 41.9 Å². The van der Waals surface area contributed by atoms with Crippen molar-refractivity contribution in [2.75, 3.05) is 13.2 Å². The molecule has 142 valence electrons. The third kappa shape index (κ3) is 4.30. The molecule has 0 unspecified atom stereocenters. The molecule has 1 heterocycles. The Morgan fingerprint density at radius 1 is 1.15 bits per heavy atom. The molecular formula is C17H17ClF3NO4. The summed E-state index contributed by atoms with van der Waals surface area (Å²) in [5, 5.41) is -0.0556. The first-order chi connectivity index (χ1) is 12.2. The first-order valence-corrected chi connectivity index (χ1v) is 8.30. The van der Waals surface area contributed by atoms with Crippen molar-refractivity contribution >= 4 is 34.4 Å². The number of aryl methyl sites for hydroxylation is 1. The van der Waals surface area contributed by atoms with E-state index in [1.807, 2.05) is 0 Å². The number of aromatic amines is 1. The number of rotatable bonds is 6. The summed E-state index contributed by atoms with van der Waals surface area (Å²) < 4.78 is 49.0. The summed E-state index contributed by atoms with van der Waals surface area (Å²) in [6, 6.07) is 1.69. The Labute approximate surface area is 152 Å². The fourth-order valence-electron chi connectivity index (χ4n) is 2.57. The minimum Gasteiger partial charge on any atom is -0.466 e. The molecule has 0 aliphatic heterocycles. The highest BCUT2D eigenvalue weighted by molar-refractivity contribution is 6.35. The predicted molar refractivity (Wildman–Crippen MR) is 89.2 cm³/mol. The SMILES string of the molecule is CCOC(=O)CCc1c(C(=O)OCC)[nH]c2c(Cl)cc(C(F)(F)F)cc12. The van der Waals surface area contributed by atoms with Gasteiger partial charge >= 0.3 is 18.1 Å². The normalized spacial score (nSPS) is 11.6. The van der Waals surface area contributed by atoms with Crippen LogP contribution in [0.5, 0.6) is 0 Å². The summed E-state index contributed by atoms with van der Waals surface area (Å²) in [5.41, 5.74) is -0.546. The second-order valence-corrected chi connectivity index (χ2v) is 5.79. The molecular weight excluding hydrogens is 375 g/mol. The van der Waals surface area contributed by atoms with E-state index in [2.05, 4.69) is 4.98 Å². The summed E-state index contributed by atoms with van der Waals surface area (Å²) in [5.74, 6) is -1.25. The Balaban J connectivity index is 2.58. The van der Waals surface area contributed by atoms with Crippen LogP contribution in [0, 0.1) is 0 Å². The van der Waals surface area contributed by atoms with Crippen molar-refractivity contribution in [3.63, 3.8) is 0 Å². The molecule has 0 amide bonds. The molecule has 0 fully saturated rings. The lowest BCUT2D eigenvalue weighted by molar-refractivity contribution is -0.143. The summed E-state index contributed by atoms with van der Waals surface area (Å²) in [7, 11) is 0. The molecule has 5 nitrogen and oxygen atoms in total. The first-order valence-electron chi connectivity index (χ1n) is 7.93. The Bertz CT molecular complexity index is 830. The van der Waals surface area contributed by atoms with Crippen molar-refractivity contribution in [2.45, 2.75) is 32.9 Å². The second kappa shape index (κ2) is 7.99. The molecule has 2 aromatic rings. The fraction of sp³-hybridized carbons (Fsp3) is 0.412. The molecule has 0 atom stereocenters. The number of carbonyl (C=O) groups is 2. The molecule has 0 saturated carbocycles. The fourth-order valence-corrected chi connectivity index (χ4v) is 2.83. The number of halogens is 4. The van der Waals surface area contributed by atoms with E-state index < -0.39 is 23.7 Å². The van der Waals surface area contributed by atoms with Crippen LogP contribution >= 0.6 is 11.6 Å². The van der Waals surface area contributed by atoms with Gasteiger partial charge in [0, 0.05) is 11.8 Å². The second-order valence-electron chi connectivity index (χ2n) is 5.38. The third-order valence-corrected chi connectivity index (χ3v) is 3.96. The summed E-state index contributed by atoms with van der Waals surface area (Å²) in [6.07, 6.45) is -4.69.